The summed E-state index contributed by atoms with van der Waals surface area (Å²) in [7, 11) is 0. The van der Waals surface area contributed by atoms with Crippen molar-refractivity contribution in [1.29, 1.82) is 0 Å². The van der Waals surface area contributed by atoms with E-state index in [0.717, 1.165) is 0 Å². The monoisotopic (exact) mass is 403 g/mol. The van der Waals surface area contributed by atoms with E-state index in [4.69, 9.17) is 14.2 Å². The first-order chi connectivity index (χ1) is 14.6. The van der Waals surface area contributed by atoms with Crippen molar-refractivity contribution in [2.75, 3.05) is 5.32 Å². The number of esters is 1. The van der Waals surface area contributed by atoms with Crippen LogP contribution >= 0.6 is 0 Å². The lowest BCUT2D eigenvalue weighted by molar-refractivity contribution is -0.166. The van der Waals surface area contributed by atoms with Crippen LogP contribution in [0.3, 0.4) is 0 Å². The summed E-state index contributed by atoms with van der Waals surface area (Å²) in [6.45, 7) is 1.73. The van der Waals surface area contributed by atoms with Crippen molar-refractivity contribution < 1.29 is 23.8 Å². The lowest BCUT2D eigenvalue weighted by Gasteiger charge is -2.31. The van der Waals surface area contributed by atoms with Crippen molar-refractivity contribution in [2.45, 2.75) is 25.2 Å². The molecule has 3 atom stereocenters. The van der Waals surface area contributed by atoms with Crippen LogP contribution in [-0.4, -0.2) is 24.1 Å². The highest BCUT2D eigenvalue weighted by atomic mass is 16.6. The van der Waals surface area contributed by atoms with E-state index in [2.05, 4.69) is 5.32 Å². The van der Waals surface area contributed by atoms with Crippen molar-refractivity contribution >= 4 is 17.6 Å². The van der Waals surface area contributed by atoms with Crippen LogP contribution in [0.5, 0.6) is 11.5 Å². The highest BCUT2D eigenvalue weighted by molar-refractivity contribution is 5.96. The molecule has 0 fully saturated rings. The smallest absolute Gasteiger partial charge is 0.352 e. The molecule has 30 heavy (non-hydrogen) atoms. The van der Waals surface area contributed by atoms with Crippen LogP contribution < -0.4 is 14.8 Å². The van der Waals surface area contributed by atoms with Crippen LogP contribution in [0.2, 0.25) is 0 Å². The maximum absolute atomic E-state index is 13.0. The third-order valence-electron chi connectivity index (χ3n) is 4.69. The molecule has 0 spiro atoms. The van der Waals surface area contributed by atoms with Gasteiger partial charge in [0.1, 0.15) is 6.10 Å². The van der Waals surface area contributed by atoms with Crippen LogP contribution in [0, 0.1) is 0 Å². The molecule has 1 aliphatic rings. The largest absolute Gasteiger partial charge is 0.482 e. The summed E-state index contributed by atoms with van der Waals surface area (Å²) in [5.74, 6) is -0.0994. The number of hydrogen-bond acceptors (Lipinski definition) is 5. The molecule has 0 aliphatic carbocycles. The van der Waals surface area contributed by atoms with Gasteiger partial charge in [-0.1, -0.05) is 60.7 Å². The molecule has 1 amide bonds. The predicted molar refractivity (Wildman–Crippen MR) is 111 cm³/mol. The van der Waals surface area contributed by atoms with E-state index in [1.165, 1.54) is 0 Å². The second-order valence-electron chi connectivity index (χ2n) is 6.89. The summed E-state index contributed by atoms with van der Waals surface area (Å²) in [6.07, 6.45) is -2.69. The Morgan fingerprint density at radius 1 is 0.833 bits per heavy atom. The molecule has 0 radical (unpaired) electrons. The number of hydrogen-bond donors (Lipinski definition) is 1. The topological polar surface area (TPSA) is 73.9 Å². The minimum atomic E-state index is -1.13. The quantitative estimate of drug-likeness (QED) is 0.648. The molecular weight excluding hydrogens is 382 g/mol. The summed E-state index contributed by atoms with van der Waals surface area (Å²) < 4.78 is 17.2. The fourth-order valence-corrected chi connectivity index (χ4v) is 3.19. The Labute approximate surface area is 174 Å². The molecule has 1 aliphatic heterocycles. The van der Waals surface area contributed by atoms with Crippen LogP contribution in [-0.2, 0) is 14.3 Å². The van der Waals surface area contributed by atoms with E-state index >= 15 is 0 Å². The summed E-state index contributed by atoms with van der Waals surface area (Å²) >= 11 is 0. The normalized spacial score (nSPS) is 18.2. The number of carbonyl (C=O) groups excluding carboxylic acids is 2. The van der Waals surface area contributed by atoms with E-state index in [0.29, 0.717) is 22.7 Å². The van der Waals surface area contributed by atoms with Crippen molar-refractivity contribution in [3.05, 3.63) is 90.5 Å². The van der Waals surface area contributed by atoms with Crippen molar-refractivity contribution in [3.8, 4) is 11.5 Å². The summed E-state index contributed by atoms with van der Waals surface area (Å²) in [4.78, 5) is 25.9. The van der Waals surface area contributed by atoms with Gasteiger partial charge in [-0.05, 0) is 31.2 Å². The molecule has 6 nitrogen and oxygen atoms in total. The van der Waals surface area contributed by atoms with Crippen LogP contribution in [0.15, 0.2) is 84.9 Å². The number of fused-ring (bicyclic) bond motifs is 1. The molecule has 4 rings (SSSR count). The second-order valence-corrected chi connectivity index (χ2v) is 6.89. The van der Waals surface area contributed by atoms with E-state index < -0.39 is 30.2 Å². The minimum absolute atomic E-state index is 0.453. The minimum Gasteiger partial charge on any atom is -0.482 e. The fraction of sp³-hybridized carbons (Fsp3) is 0.167. The zero-order valence-electron chi connectivity index (χ0n) is 16.4. The zero-order chi connectivity index (χ0) is 20.9. The molecule has 152 valence electrons. The summed E-state index contributed by atoms with van der Waals surface area (Å²) in [5.41, 5.74) is 1.17. The number of benzene rings is 3. The Morgan fingerprint density at radius 2 is 1.40 bits per heavy atom. The number of rotatable bonds is 5. The molecule has 1 N–H and O–H groups in total. The molecular formula is C24H21NO5. The van der Waals surface area contributed by atoms with Crippen molar-refractivity contribution in [3.63, 3.8) is 0 Å². The average Bonchev–Trinajstić information content (AvgIpc) is 2.78. The van der Waals surface area contributed by atoms with Gasteiger partial charge in [-0.25, -0.2) is 4.79 Å². The Morgan fingerprint density at radius 3 is 2.07 bits per heavy atom. The average molecular weight is 403 g/mol. The summed E-state index contributed by atoms with van der Waals surface area (Å²) in [5, 5.41) is 2.79. The molecule has 0 saturated heterocycles. The number of anilines is 1. The first-order valence-electron chi connectivity index (χ1n) is 9.65. The van der Waals surface area contributed by atoms with Gasteiger partial charge >= 0.3 is 5.97 Å². The maximum atomic E-state index is 13.0. The van der Waals surface area contributed by atoms with Crippen LogP contribution in [0.4, 0.5) is 5.69 Å². The molecule has 0 unspecified atom stereocenters. The Balaban J connectivity index is 1.54. The van der Waals surface area contributed by atoms with Gasteiger partial charge in [0.05, 0.1) is 0 Å². The number of ether oxygens (including phenoxy) is 3. The van der Waals surface area contributed by atoms with E-state index in [1.54, 1.807) is 61.5 Å². The maximum Gasteiger partial charge on any atom is 0.352 e. The van der Waals surface area contributed by atoms with Gasteiger partial charge in [0.25, 0.3) is 5.91 Å². The molecule has 0 bridgehead atoms. The molecule has 1 heterocycles. The first kappa shape index (κ1) is 19.5. The summed E-state index contributed by atoms with van der Waals surface area (Å²) in [6, 6.07) is 25.0. The SMILES string of the molecule is C[C@@H]1Oc2ccccc2O[C@H]1C(=O)O[C@H](C(=O)Nc1ccccc1)c1ccccc1. The number of carbonyl (C=O) groups is 2. The van der Waals surface area contributed by atoms with E-state index in [9.17, 15) is 9.59 Å². The molecule has 0 saturated carbocycles. The number of amides is 1. The third kappa shape index (κ3) is 4.27. The third-order valence-corrected chi connectivity index (χ3v) is 4.69. The van der Waals surface area contributed by atoms with Crippen LogP contribution in [0.25, 0.3) is 0 Å². The van der Waals surface area contributed by atoms with E-state index in [1.807, 2.05) is 30.3 Å². The highest BCUT2D eigenvalue weighted by Crippen LogP contribution is 2.34. The van der Waals surface area contributed by atoms with Gasteiger partial charge in [-0.3, -0.25) is 4.79 Å². The standard InChI is InChI=1S/C24H21NO5/c1-16-21(29-20-15-9-8-14-19(20)28-16)24(27)30-22(17-10-4-2-5-11-17)23(26)25-18-12-6-3-7-13-18/h2-16,21-22H,1H3,(H,25,26)/t16-,21+,22-/m0/s1. The Hall–Kier alpha value is -3.80. The number of nitrogens with one attached hydrogen (secondary N) is 1. The Kier molecular flexibility index (Phi) is 5.66. The van der Waals surface area contributed by atoms with Gasteiger partial charge < -0.3 is 19.5 Å². The van der Waals surface area contributed by atoms with E-state index in [-0.39, 0.29) is 0 Å². The molecule has 3 aromatic carbocycles. The van der Waals surface area contributed by atoms with Crippen LogP contribution in [0.1, 0.15) is 18.6 Å². The lowest BCUT2D eigenvalue weighted by Crippen LogP contribution is -2.45. The zero-order valence-corrected chi connectivity index (χ0v) is 16.4. The number of para-hydroxylation sites is 3. The lowest BCUT2D eigenvalue weighted by atomic mass is 10.1. The van der Waals surface area contributed by atoms with Gasteiger partial charge in [-0.15, -0.1) is 0 Å². The predicted octanol–water partition coefficient (Wildman–Crippen LogP) is 4.14. The highest BCUT2D eigenvalue weighted by Gasteiger charge is 2.38. The van der Waals surface area contributed by atoms with Gasteiger partial charge in [0, 0.05) is 11.3 Å². The van der Waals surface area contributed by atoms with Crippen molar-refractivity contribution in [2.24, 2.45) is 0 Å². The molecule has 3 aromatic rings. The fourth-order valence-electron chi connectivity index (χ4n) is 3.19. The van der Waals surface area contributed by atoms with Gasteiger partial charge in [-0.2, -0.15) is 0 Å². The Bertz CT molecular complexity index is 1020. The van der Waals surface area contributed by atoms with Gasteiger partial charge in [0.15, 0.2) is 11.5 Å². The van der Waals surface area contributed by atoms with Gasteiger partial charge in [0.2, 0.25) is 12.2 Å². The molecule has 0 aromatic heterocycles. The van der Waals surface area contributed by atoms with Crippen molar-refractivity contribution in [1.82, 2.24) is 0 Å². The molecule has 6 heteroatoms. The second kappa shape index (κ2) is 8.69. The first-order valence-corrected chi connectivity index (χ1v) is 9.65.